The molecule has 2 aromatic rings. The molecule has 0 aliphatic heterocycles. The average molecular weight is 332 g/mol. The van der Waals surface area contributed by atoms with Crippen LogP contribution in [-0.4, -0.2) is 37.0 Å². The second-order valence-electron chi connectivity index (χ2n) is 4.11. The molecule has 112 valence electrons. The first-order valence-corrected chi connectivity index (χ1v) is 8.14. The number of fused-ring (bicyclic) bond motifs is 1. The number of aromatic carboxylic acids is 1. The van der Waals surface area contributed by atoms with E-state index in [-0.39, 0.29) is 10.8 Å². The number of rotatable bonds is 3. The third kappa shape index (κ3) is 3.03. The van der Waals surface area contributed by atoms with Crippen molar-refractivity contribution in [2.45, 2.75) is 9.79 Å². The van der Waals surface area contributed by atoms with E-state index in [4.69, 9.17) is 14.2 Å². The van der Waals surface area contributed by atoms with Crippen molar-refractivity contribution < 1.29 is 35.8 Å². The number of carboxylic acid groups (broad SMARTS) is 1. The molecule has 10 heteroatoms. The standard InChI is InChI=1S/C11H8O8S2/c12-11(13)7-3-6-4-8(20(14,15)16)1-2-9(6)10(5-7)21(17,18)19/h1-5H,(H,12,13)(H,14,15,16)(H,17,18,19). The fourth-order valence-corrected chi connectivity index (χ4v) is 3.07. The Hall–Kier alpha value is -2.01. The van der Waals surface area contributed by atoms with Crippen molar-refractivity contribution in [2.75, 3.05) is 0 Å². The van der Waals surface area contributed by atoms with Gasteiger partial charge in [0.2, 0.25) is 0 Å². The van der Waals surface area contributed by atoms with Crippen LogP contribution in [0.2, 0.25) is 0 Å². The maximum atomic E-state index is 11.3. The summed E-state index contributed by atoms with van der Waals surface area (Å²) in [5, 5.41) is 8.77. The Bertz CT molecular complexity index is 957. The molecule has 0 spiro atoms. The van der Waals surface area contributed by atoms with Gasteiger partial charge in [0.25, 0.3) is 20.2 Å². The highest BCUT2D eigenvalue weighted by Gasteiger charge is 2.19. The fraction of sp³-hybridized carbons (Fsp3) is 0. The van der Waals surface area contributed by atoms with Crippen LogP contribution in [0, 0.1) is 0 Å². The van der Waals surface area contributed by atoms with Crippen LogP contribution in [-0.2, 0) is 20.2 Å². The molecule has 2 aromatic carbocycles. The minimum absolute atomic E-state index is 0.0716. The molecule has 8 nitrogen and oxygen atoms in total. The lowest BCUT2D eigenvalue weighted by molar-refractivity contribution is 0.0697. The maximum absolute atomic E-state index is 11.3. The molecule has 0 atom stereocenters. The maximum Gasteiger partial charge on any atom is 0.335 e. The molecular weight excluding hydrogens is 324 g/mol. The quantitative estimate of drug-likeness (QED) is 0.706. The van der Waals surface area contributed by atoms with E-state index in [1.165, 1.54) is 0 Å². The van der Waals surface area contributed by atoms with Gasteiger partial charge in [0.05, 0.1) is 10.5 Å². The zero-order valence-electron chi connectivity index (χ0n) is 10.1. The van der Waals surface area contributed by atoms with Gasteiger partial charge in [0.15, 0.2) is 0 Å². The molecule has 0 saturated carbocycles. The van der Waals surface area contributed by atoms with E-state index < -0.39 is 41.6 Å². The first kappa shape index (κ1) is 15.4. The Labute approximate surface area is 119 Å². The lowest BCUT2D eigenvalue weighted by atomic mass is 10.1. The second-order valence-corrected chi connectivity index (χ2v) is 6.92. The molecule has 0 heterocycles. The first-order valence-electron chi connectivity index (χ1n) is 5.26. The number of hydrogen-bond acceptors (Lipinski definition) is 5. The first-order chi connectivity index (χ1) is 9.50. The van der Waals surface area contributed by atoms with Crippen LogP contribution in [0.25, 0.3) is 10.8 Å². The molecule has 0 aromatic heterocycles. The number of carboxylic acids is 1. The van der Waals surface area contributed by atoms with E-state index in [1.807, 2.05) is 0 Å². The molecule has 0 aliphatic rings. The Morgan fingerprint density at radius 3 is 2.00 bits per heavy atom. The van der Waals surface area contributed by atoms with Crippen LogP contribution in [0.5, 0.6) is 0 Å². The van der Waals surface area contributed by atoms with E-state index in [2.05, 4.69) is 0 Å². The van der Waals surface area contributed by atoms with Crippen LogP contribution in [0.1, 0.15) is 10.4 Å². The lowest BCUT2D eigenvalue weighted by Gasteiger charge is -2.07. The summed E-state index contributed by atoms with van der Waals surface area (Å²) >= 11 is 0. The molecule has 0 radical (unpaired) electrons. The zero-order valence-corrected chi connectivity index (χ0v) is 11.7. The van der Waals surface area contributed by atoms with E-state index in [1.54, 1.807) is 0 Å². The third-order valence-electron chi connectivity index (χ3n) is 2.71. The topological polar surface area (TPSA) is 146 Å². The third-order valence-corrected chi connectivity index (χ3v) is 4.45. The van der Waals surface area contributed by atoms with Crippen LogP contribution in [0.3, 0.4) is 0 Å². The number of carbonyl (C=O) groups is 1. The smallest absolute Gasteiger partial charge is 0.335 e. The summed E-state index contributed by atoms with van der Waals surface area (Å²) < 4.78 is 62.8. The van der Waals surface area contributed by atoms with Crippen molar-refractivity contribution >= 4 is 37.0 Å². The van der Waals surface area contributed by atoms with E-state index in [0.29, 0.717) is 0 Å². The summed E-state index contributed by atoms with van der Waals surface area (Å²) in [6, 6.07) is 4.68. The average Bonchev–Trinajstić information content (AvgIpc) is 2.34. The summed E-state index contributed by atoms with van der Waals surface area (Å²) in [5.74, 6) is -1.46. The Morgan fingerprint density at radius 1 is 0.905 bits per heavy atom. The number of benzene rings is 2. The highest BCUT2D eigenvalue weighted by Crippen LogP contribution is 2.27. The van der Waals surface area contributed by atoms with Crippen LogP contribution in [0.15, 0.2) is 40.1 Å². The Morgan fingerprint density at radius 2 is 1.52 bits per heavy atom. The summed E-state index contributed by atoms with van der Waals surface area (Å²) in [5.41, 5.74) is -0.456. The molecular formula is C11H8O8S2. The summed E-state index contributed by atoms with van der Waals surface area (Å²) in [7, 11) is -9.24. The predicted molar refractivity (Wildman–Crippen MR) is 70.5 cm³/mol. The fourth-order valence-electron chi connectivity index (χ4n) is 1.81. The predicted octanol–water partition coefficient (Wildman–Crippen LogP) is 1.03. The molecule has 21 heavy (non-hydrogen) atoms. The monoisotopic (exact) mass is 332 g/mol. The van der Waals surface area contributed by atoms with Crippen molar-refractivity contribution in [1.29, 1.82) is 0 Å². The Kier molecular flexibility index (Phi) is 3.49. The number of hydrogen-bond donors (Lipinski definition) is 3. The van der Waals surface area contributed by atoms with E-state index in [0.717, 1.165) is 30.3 Å². The van der Waals surface area contributed by atoms with Gasteiger partial charge in [-0.25, -0.2) is 4.79 Å². The van der Waals surface area contributed by atoms with Gasteiger partial charge in [0, 0.05) is 5.39 Å². The Balaban J connectivity index is 2.95. The van der Waals surface area contributed by atoms with Crippen LogP contribution in [0.4, 0.5) is 0 Å². The molecule has 3 N–H and O–H groups in total. The highest BCUT2D eigenvalue weighted by atomic mass is 32.2. The van der Waals surface area contributed by atoms with Gasteiger partial charge in [-0.1, -0.05) is 6.07 Å². The lowest BCUT2D eigenvalue weighted by Crippen LogP contribution is -2.05. The molecule has 0 bridgehead atoms. The SMILES string of the molecule is O=C(O)c1cc(S(=O)(=O)O)c2ccc(S(=O)(=O)O)cc2c1. The van der Waals surface area contributed by atoms with Crippen molar-refractivity contribution in [3.8, 4) is 0 Å². The van der Waals surface area contributed by atoms with Gasteiger partial charge in [-0.3, -0.25) is 9.11 Å². The van der Waals surface area contributed by atoms with Gasteiger partial charge >= 0.3 is 5.97 Å². The van der Waals surface area contributed by atoms with E-state index in [9.17, 15) is 21.6 Å². The van der Waals surface area contributed by atoms with Crippen molar-refractivity contribution in [3.05, 3.63) is 35.9 Å². The molecule has 0 unspecified atom stereocenters. The van der Waals surface area contributed by atoms with Gasteiger partial charge in [-0.2, -0.15) is 16.8 Å². The minimum Gasteiger partial charge on any atom is -0.478 e. The normalized spacial score (nSPS) is 12.5. The molecule has 0 aliphatic carbocycles. The largest absolute Gasteiger partial charge is 0.478 e. The summed E-state index contributed by atoms with van der Waals surface area (Å²) in [6.45, 7) is 0. The van der Waals surface area contributed by atoms with Crippen molar-refractivity contribution in [3.63, 3.8) is 0 Å². The second kappa shape index (κ2) is 4.77. The van der Waals surface area contributed by atoms with Crippen molar-refractivity contribution in [1.82, 2.24) is 0 Å². The summed E-state index contributed by atoms with van der Waals surface area (Å²) in [6.07, 6.45) is 0. The summed E-state index contributed by atoms with van der Waals surface area (Å²) in [4.78, 5) is 9.77. The van der Waals surface area contributed by atoms with Crippen LogP contribution < -0.4 is 0 Å². The molecule has 0 amide bonds. The van der Waals surface area contributed by atoms with Crippen LogP contribution >= 0.6 is 0 Å². The zero-order chi connectivity index (χ0) is 16.0. The molecule has 0 fully saturated rings. The van der Waals surface area contributed by atoms with Crippen molar-refractivity contribution in [2.24, 2.45) is 0 Å². The molecule has 0 saturated heterocycles. The molecule has 2 rings (SSSR count). The minimum atomic E-state index is -4.71. The van der Waals surface area contributed by atoms with Gasteiger partial charge < -0.3 is 5.11 Å². The van der Waals surface area contributed by atoms with Gasteiger partial charge in [-0.15, -0.1) is 0 Å². The van der Waals surface area contributed by atoms with E-state index >= 15 is 0 Å². The highest BCUT2D eigenvalue weighted by molar-refractivity contribution is 7.86. The van der Waals surface area contributed by atoms with Gasteiger partial charge in [0.1, 0.15) is 4.90 Å². The van der Waals surface area contributed by atoms with Gasteiger partial charge in [-0.05, 0) is 29.7 Å².